The number of benzene rings is 1. The monoisotopic (exact) mass is 460 g/mol. The third-order valence-electron chi connectivity index (χ3n) is 6.41. The van der Waals surface area contributed by atoms with Crippen LogP contribution >= 0.6 is 11.8 Å². The van der Waals surface area contributed by atoms with Gasteiger partial charge in [-0.25, -0.2) is 0 Å². The van der Waals surface area contributed by atoms with Crippen molar-refractivity contribution < 1.29 is 14.4 Å². The zero-order valence-corrected chi connectivity index (χ0v) is 18.9. The lowest BCUT2D eigenvalue weighted by Crippen LogP contribution is -2.52. The van der Waals surface area contributed by atoms with E-state index in [9.17, 15) is 14.4 Å². The topological polar surface area (TPSA) is 102 Å². The Balaban J connectivity index is 1.46. The molecule has 32 heavy (non-hydrogen) atoms. The smallest absolute Gasteiger partial charge is 0.262 e. The summed E-state index contributed by atoms with van der Waals surface area (Å²) in [6.45, 7) is 3.80. The van der Waals surface area contributed by atoms with E-state index in [1.54, 1.807) is 35.2 Å². The number of carbonyl (C=O) groups is 3. The summed E-state index contributed by atoms with van der Waals surface area (Å²) >= 11 is 6.41. The highest BCUT2D eigenvalue weighted by Crippen LogP contribution is 2.33. The number of hydrogen-bond acceptors (Lipinski definition) is 6. The van der Waals surface area contributed by atoms with Crippen LogP contribution in [0.2, 0.25) is 0 Å². The number of nitrogens with one attached hydrogen (secondary N) is 1. The number of amides is 3. The molecule has 3 aliphatic heterocycles. The minimum Gasteiger partial charge on any atom is -0.366 e. The Morgan fingerprint density at radius 2 is 1.66 bits per heavy atom. The van der Waals surface area contributed by atoms with Gasteiger partial charge < -0.3 is 25.8 Å². The number of rotatable bonds is 4. The van der Waals surface area contributed by atoms with Crippen molar-refractivity contribution in [1.29, 1.82) is 0 Å². The van der Waals surface area contributed by atoms with Crippen molar-refractivity contribution in [3.05, 3.63) is 41.6 Å². The van der Waals surface area contributed by atoms with Crippen molar-refractivity contribution in [2.45, 2.75) is 19.0 Å². The minimum atomic E-state index is -0.820. The Kier molecular flexibility index (Phi) is 6.57. The number of piperazine rings is 1. The number of halogens is 1. The Bertz CT molecular complexity index is 924. The third-order valence-corrected chi connectivity index (χ3v) is 6.78. The van der Waals surface area contributed by atoms with Gasteiger partial charge in [0.1, 0.15) is 0 Å². The summed E-state index contributed by atoms with van der Waals surface area (Å²) in [5.41, 5.74) is 7.15. The molecule has 1 unspecified atom stereocenters. The normalized spacial score (nSPS) is 22.2. The van der Waals surface area contributed by atoms with E-state index in [-0.39, 0.29) is 17.7 Å². The van der Waals surface area contributed by atoms with Gasteiger partial charge in [-0.05, 0) is 32.0 Å². The first-order valence-corrected chi connectivity index (χ1v) is 11.3. The van der Waals surface area contributed by atoms with E-state index in [1.807, 2.05) is 17.0 Å². The molecule has 0 radical (unpaired) electrons. The van der Waals surface area contributed by atoms with E-state index < -0.39 is 12.1 Å². The summed E-state index contributed by atoms with van der Waals surface area (Å²) in [6.07, 6.45) is 2.63. The van der Waals surface area contributed by atoms with Gasteiger partial charge in [0, 0.05) is 68.2 Å². The summed E-state index contributed by atoms with van der Waals surface area (Å²) in [7, 11) is 1.71. The van der Waals surface area contributed by atoms with Gasteiger partial charge in [0.05, 0.1) is 5.70 Å². The standard InChI is InChI=1S/C22H29ClN6O3/c1-26-14-18(29(23)20(26)19(24)30)16-4-2-3-5-17(16)22(32)28-12-10-27(11-13-28)21(31)15-6-8-25-9-7-15/h2-5,14-15,20,25H,6-13H2,1H3,(H2,24,30). The van der Waals surface area contributed by atoms with Crippen LogP contribution in [-0.2, 0) is 9.59 Å². The van der Waals surface area contributed by atoms with Crippen molar-refractivity contribution in [2.75, 3.05) is 46.3 Å². The average molecular weight is 461 g/mol. The molecular formula is C22H29ClN6O3. The van der Waals surface area contributed by atoms with E-state index in [1.165, 1.54) is 4.42 Å². The van der Waals surface area contributed by atoms with Gasteiger partial charge in [0.2, 0.25) is 5.91 Å². The molecule has 3 aliphatic rings. The molecule has 2 saturated heterocycles. The first-order valence-electron chi connectivity index (χ1n) is 10.9. The van der Waals surface area contributed by atoms with Crippen LogP contribution in [0.25, 0.3) is 5.70 Å². The van der Waals surface area contributed by atoms with Crippen LogP contribution < -0.4 is 11.1 Å². The molecule has 0 aliphatic carbocycles. The molecule has 172 valence electrons. The van der Waals surface area contributed by atoms with Gasteiger partial charge in [-0.15, -0.1) is 0 Å². The predicted octanol–water partition coefficient (Wildman–Crippen LogP) is 0.482. The molecule has 10 heteroatoms. The van der Waals surface area contributed by atoms with Crippen LogP contribution in [0.1, 0.15) is 28.8 Å². The quantitative estimate of drug-likeness (QED) is 0.634. The number of carbonyl (C=O) groups excluding carboxylic acids is 3. The van der Waals surface area contributed by atoms with Crippen molar-refractivity contribution >= 4 is 35.2 Å². The summed E-state index contributed by atoms with van der Waals surface area (Å²) in [4.78, 5) is 43.2. The van der Waals surface area contributed by atoms with Crippen LogP contribution in [0.3, 0.4) is 0 Å². The molecule has 1 aromatic rings. The zero-order chi connectivity index (χ0) is 22.8. The molecule has 0 aromatic heterocycles. The molecule has 0 saturated carbocycles. The molecule has 0 bridgehead atoms. The largest absolute Gasteiger partial charge is 0.366 e. The highest BCUT2D eigenvalue weighted by atomic mass is 35.5. The fourth-order valence-electron chi connectivity index (χ4n) is 4.63. The first kappa shape index (κ1) is 22.4. The molecule has 1 atom stereocenters. The molecule has 3 heterocycles. The van der Waals surface area contributed by atoms with E-state index >= 15 is 0 Å². The first-order chi connectivity index (χ1) is 15.4. The second kappa shape index (κ2) is 9.38. The van der Waals surface area contributed by atoms with Crippen LogP contribution in [0.4, 0.5) is 0 Å². The minimum absolute atomic E-state index is 0.0819. The lowest BCUT2D eigenvalue weighted by molar-refractivity contribution is -0.137. The zero-order valence-electron chi connectivity index (χ0n) is 18.2. The molecule has 3 amide bonds. The van der Waals surface area contributed by atoms with Gasteiger partial charge in [-0.3, -0.25) is 18.8 Å². The Labute approximate surface area is 192 Å². The Hall–Kier alpha value is -2.78. The summed E-state index contributed by atoms with van der Waals surface area (Å²) in [5, 5.41) is 3.29. The number of nitrogens with two attached hydrogens (primary N) is 1. The summed E-state index contributed by atoms with van der Waals surface area (Å²) in [6, 6.07) is 7.19. The van der Waals surface area contributed by atoms with Gasteiger partial charge in [-0.1, -0.05) is 18.2 Å². The van der Waals surface area contributed by atoms with Crippen LogP contribution in [0.15, 0.2) is 30.5 Å². The predicted molar refractivity (Wildman–Crippen MR) is 121 cm³/mol. The maximum absolute atomic E-state index is 13.4. The second-order valence-electron chi connectivity index (χ2n) is 8.45. The number of primary amides is 1. The van der Waals surface area contributed by atoms with Crippen molar-refractivity contribution in [3.63, 3.8) is 0 Å². The number of hydrogen-bond donors (Lipinski definition) is 2. The number of likely N-dealkylation sites (N-methyl/N-ethyl adjacent to an activating group) is 1. The lowest BCUT2D eigenvalue weighted by atomic mass is 9.96. The fraction of sp³-hybridized carbons (Fsp3) is 0.500. The molecular weight excluding hydrogens is 432 g/mol. The molecule has 1 aromatic carbocycles. The maximum atomic E-state index is 13.4. The molecule has 2 fully saturated rings. The van der Waals surface area contributed by atoms with Crippen molar-refractivity contribution in [2.24, 2.45) is 11.7 Å². The van der Waals surface area contributed by atoms with E-state index in [0.717, 1.165) is 25.9 Å². The van der Waals surface area contributed by atoms with Gasteiger partial charge >= 0.3 is 0 Å². The lowest BCUT2D eigenvalue weighted by Gasteiger charge is -2.37. The van der Waals surface area contributed by atoms with E-state index in [2.05, 4.69) is 5.32 Å². The molecule has 3 N–H and O–H groups in total. The average Bonchev–Trinajstić information content (AvgIpc) is 3.12. The summed E-state index contributed by atoms with van der Waals surface area (Å²) in [5.74, 6) is -0.412. The highest BCUT2D eigenvalue weighted by molar-refractivity contribution is 6.20. The SMILES string of the molecule is CN1C=C(c2ccccc2C(=O)N2CCN(C(=O)C3CCNCC3)CC2)N(Cl)C1C(N)=O. The molecule has 4 rings (SSSR count). The summed E-state index contributed by atoms with van der Waals surface area (Å²) < 4.78 is 1.27. The third kappa shape index (κ3) is 4.27. The number of nitrogens with zero attached hydrogens (tertiary/aromatic N) is 4. The van der Waals surface area contributed by atoms with E-state index in [0.29, 0.717) is 43.0 Å². The highest BCUT2D eigenvalue weighted by Gasteiger charge is 2.36. The van der Waals surface area contributed by atoms with Crippen LogP contribution in [0, 0.1) is 5.92 Å². The number of piperidine rings is 1. The fourth-order valence-corrected chi connectivity index (χ4v) is 5.00. The van der Waals surface area contributed by atoms with Crippen molar-refractivity contribution in [1.82, 2.24) is 24.4 Å². The van der Waals surface area contributed by atoms with Crippen LogP contribution in [0.5, 0.6) is 0 Å². The Morgan fingerprint density at radius 1 is 1.03 bits per heavy atom. The molecule has 9 nitrogen and oxygen atoms in total. The molecule has 0 spiro atoms. The maximum Gasteiger partial charge on any atom is 0.262 e. The van der Waals surface area contributed by atoms with Gasteiger partial charge in [-0.2, -0.15) is 0 Å². The van der Waals surface area contributed by atoms with E-state index in [4.69, 9.17) is 17.5 Å². The van der Waals surface area contributed by atoms with Gasteiger partial charge in [0.25, 0.3) is 11.8 Å². The van der Waals surface area contributed by atoms with Crippen molar-refractivity contribution in [3.8, 4) is 0 Å². The van der Waals surface area contributed by atoms with Crippen LogP contribution in [-0.4, -0.2) is 89.3 Å². The van der Waals surface area contributed by atoms with Gasteiger partial charge in [0.15, 0.2) is 6.17 Å². The Morgan fingerprint density at radius 3 is 2.28 bits per heavy atom. The second-order valence-corrected chi connectivity index (χ2v) is 8.82.